The van der Waals surface area contributed by atoms with Crippen molar-refractivity contribution in [2.45, 2.75) is 59.4 Å². The maximum atomic E-state index is 3.70. The van der Waals surface area contributed by atoms with E-state index in [0.29, 0.717) is 6.04 Å². The van der Waals surface area contributed by atoms with E-state index >= 15 is 0 Å². The highest BCUT2D eigenvalue weighted by atomic mass is 79.9. The van der Waals surface area contributed by atoms with Crippen LogP contribution in [0.5, 0.6) is 0 Å². The molecule has 0 bridgehead atoms. The van der Waals surface area contributed by atoms with Gasteiger partial charge in [0.05, 0.1) is 0 Å². The summed E-state index contributed by atoms with van der Waals surface area (Å²) < 4.78 is 1.22. The molecule has 2 heteroatoms. The zero-order valence-electron chi connectivity index (χ0n) is 12.8. The summed E-state index contributed by atoms with van der Waals surface area (Å²) in [5.41, 5.74) is 2.72. The average Bonchev–Trinajstić information content (AvgIpc) is 2.38. The van der Waals surface area contributed by atoms with Crippen LogP contribution in [0.1, 0.15) is 63.6 Å². The number of rotatable bonds is 8. The lowest BCUT2D eigenvalue weighted by atomic mass is 9.92. The number of halogens is 1. The van der Waals surface area contributed by atoms with Gasteiger partial charge in [-0.05, 0) is 49.4 Å². The summed E-state index contributed by atoms with van der Waals surface area (Å²) in [6.45, 7) is 10.1. The van der Waals surface area contributed by atoms with Crippen LogP contribution in [0.4, 0.5) is 0 Å². The molecule has 1 aromatic rings. The monoisotopic (exact) mass is 325 g/mol. The third kappa shape index (κ3) is 5.66. The van der Waals surface area contributed by atoms with Crippen molar-refractivity contribution in [2.24, 2.45) is 5.92 Å². The Balaban J connectivity index is 2.79. The van der Waals surface area contributed by atoms with Crippen molar-refractivity contribution in [3.63, 3.8) is 0 Å². The summed E-state index contributed by atoms with van der Waals surface area (Å²) in [7, 11) is 0. The molecule has 0 radical (unpaired) electrons. The van der Waals surface area contributed by atoms with E-state index in [1.807, 2.05) is 0 Å². The Bertz CT molecular complexity index is 376. The fourth-order valence-corrected chi connectivity index (χ4v) is 2.89. The van der Waals surface area contributed by atoms with Gasteiger partial charge in [0.15, 0.2) is 0 Å². The van der Waals surface area contributed by atoms with Gasteiger partial charge in [0, 0.05) is 10.5 Å². The number of nitrogens with one attached hydrogen (secondary N) is 1. The molecule has 0 fully saturated rings. The number of hydrogen-bond donors (Lipinski definition) is 1. The van der Waals surface area contributed by atoms with E-state index in [-0.39, 0.29) is 0 Å². The van der Waals surface area contributed by atoms with E-state index in [9.17, 15) is 0 Å². The summed E-state index contributed by atoms with van der Waals surface area (Å²) in [4.78, 5) is 0. The molecular formula is C17H28BrN. The van der Waals surface area contributed by atoms with E-state index in [0.717, 1.165) is 12.5 Å². The molecule has 0 aliphatic heterocycles. The summed E-state index contributed by atoms with van der Waals surface area (Å²) in [5.74, 6) is 0.777. The number of aryl methyl sites for hydroxylation is 1. The Hall–Kier alpha value is -0.340. The molecule has 0 saturated heterocycles. The Morgan fingerprint density at radius 3 is 2.53 bits per heavy atom. The van der Waals surface area contributed by atoms with Crippen LogP contribution in [0.25, 0.3) is 0 Å². The van der Waals surface area contributed by atoms with Crippen LogP contribution < -0.4 is 5.32 Å². The number of benzene rings is 1. The molecule has 108 valence electrons. The molecule has 0 saturated carbocycles. The molecule has 0 heterocycles. The summed E-state index contributed by atoms with van der Waals surface area (Å²) in [6, 6.07) is 7.25. The molecular weight excluding hydrogens is 298 g/mol. The standard InChI is InChI=1S/C17H28BrN/c1-5-7-13(3)11-17(19-10-6-2)15-9-8-14(4)16(18)12-15/h8-9,12-13,17,19H,5-7,10-11H2,1-4H3. The fraction of sp³-hybridized carbons (Fsp3) is 0.647. The van der Waals surface area contributed by atoms with Gasteiger partial charge in [-0.15, -0.1) is 0 Å². The molecule has 2 atom stereocenters. The second-order valence-electron chi connectivity index (χ2n) is 5.64. The van der Waals surface area contributed by atoms with E-state index in [4.69, 9.17) is 0 Å². The van der Waals surface area contributed by atoms with Gasteiger partial charge in [0.25, 0.3) is 0 Å². The van der Waals surface area contributed by atoms with E-state index < -0.39 is 0 Å². The van der Waals surface area contributed by atoms with E-state index in [1.54, 1.807) is 0 Å². The lowest BCUT2D eigenvalue weighted by Gasteiger charge is -2.23. The minimum absolute atomic E-state index is 0.485. The Labute approximate surface area is 127 Å². The minimum Gasteiger partial charge on any atom is -0.310 e. The van der Waals surface area contributed by atoms with Crippen molar-refractivity contribution >= 4 is 15.9 Å². The van der Waals surface area contributed by atoms with Crippen molar-refractivity contribution in [2.75, 3.05) is 6.54 Å². The minimum atomic E-state index is 0.485. The van der Waals surface area contributed by atoms with Gasteiger partial charge in [-0.3, -0.25) is 0 Å². The highest BCUT2D eigenvalue weighted by molar-refractivity contribution is 9.10. The first kappa shape index (κ1) is 16.7. The predicted octanol–water partition coefficient (Wildman–Crippen LogP) is 5.62. The Morgan fingerprint density at radius 1 is 1.21 bits per heavy atom. The van der Waals surface area contributed by atoms with Crippen LogP contribution in [0.2, 0.25) is 0 Å². The summed E-state index contributed by atoms with van der Waals surface area (Å²) in [5, 5.41) is 3.70. The van der Waals surface area contributed by atoms with Crippen molar-refractivity contribution in [3.8, 4) is 0 Å². The topological polar surface area (TPSA) is 12.0 Å². The van der Waals surface area contributed by atoms with Gasteiger partial charge in [0.1, 0.15) is 0 Å². The van der Waals surface area contributed by atoms with Crippen molar-refractivity contribution in [1.82, 2.24) is 5.32 Å². The first-order chi connectivity index (χ1) is 9.08. The molecule has 0 spiro atoms. The Kier molecular flexibility index (Phi) is 7.70. The molecule has 1 N–H and O–H groups in total. The van der Waals surface area contributed by atoms with Gasteiger partial charge in [0.2, 0.25) is 0 Å². The van der Waals surface area contributed by atoms with Crippen LogP contribution in [-0.2, 0) is 0 Å². The van der Waals surface area contributed by atoms with Crippen LogP contribution in [0, 0.1) is 12.8 Å². The second-order valence-corrected chi connectivity index (χ2v) is 6.50. The Morgan fingerprint density at radius 2 is 1.95 bits per heavy atom. The van der Waals surface area contributed by atoms with Gasteiger partial charge in [-0.25, -0.2) is 0 Å². The van der Waals surface area contributed by atoms with Crippen LogP contribution in [0.15, 0.2) is 22.7 Å². The van der Waals surface area contributed by atoms with E-state index in [2.05, 4.69) is 67.1 Å². The highest BCUT2D eigenvalue weighted by Gasteiger charge is 2.15. The first-order valence-corrected chi connectivity index (χ1v) is 8.37. The maximum absolute atomic E-state index is 3.70. The largest absolute Gasteiger partial charge is 0.310 e. The molecule has 0 aliphatic rings. The maximum Gasteiger partial charge on any atom is 0.0323 e. The van der Waals surface area contributed by atoms with Gasteiger partial charge in [-0.2, -0.15) is 0 Å². The van der Waals surface area contributed by atoms with E-state index in [1.165, 1.54) is 41.3 Å². The van der Waals surface area contributed by atoms with Crippen molar-refractivity contribution in [3.05, 3.63) is 33.8 Å². The lowest BCUT2D eigenvalue weighted by molar-refractivity contribution is 0.390. The van der Waals surface area contributed by atoms with Crippen molar-refractivity contribution < 1.29 is 0 Å². The van der Waals surface area contributed by atoms with Crippen LogP contribution in [-0.4, -0.2) is 6.54 Å². The summed E-state index contributed by atoms with van der Waals surface area (Å²) in [6.07, 6.45) is 5.01. The second kappa shape index (κ2) is 8.76. The fourth-order valence-electron chi connectivity index (χ4n) is 2.49. The summed E-state index contributed by atoms with van der Waals surface area (Å²) >= 11 is 3.65. The molecule has 0 amide bonds. The number of hydrogen-bond acceptors (Lipinski definition) is 1. The quantitative estimate of drug-likeness (QED) is 0.653. The average molecular weight is 326 g/mol. The predicted molar refractivity (Wildman–Crippen MR) is 88.6 cm³/mol. The molecule has 0 aliphatic carbocycles. The van der Waals surface area contributed by atoms with Gasteiger partial charge in [-0.1, -0.05) is 61.7 Å². The third-order valence-electron chi connectivity index (χ3n) is 3.66. The SMILES string of the molecule is CCCNC(CC(C)CCC)c1ccc(C)c(Br)c1. The van der Waals surface area contributed by atoms with Crippen LogP contribution in [0.3, 0.4) is 0 Å². The smallest absolute Gasteiger partial charge is 0.0323 e. The zero-order chi connectivity index (χ0) is 14.3. The molecule has 1 nitrogen and oxygen atoms in total. The molecule has 2 unspecified atom stereocenters. The molecule has 1 aromatic carbocycles. The normalized spacial score (nSPS) is 14.4. The molecule has 19 heavy (non-hydrogen) atoms. The van der Waals surface area contributed by atoms with Crippen LogP contribution >= 0.6 is 15.9 Å². The van der Waals surface area contributed by atoms with Crippen molar-refractivity contribution in [1.29, 1.82) is 0 Å². The zero-order valence-corrected chi connectivity index (χ0v) is 14.4. The first-order valence-electron chi connectivity index (χ1n) is 7.57. The highest BCUT2D eigenvalue weighted by Crippen LogP contribution is 2.27. The third-order valence-corrected chi connectivity index (χ3v) is 4.51. The van der Waals surface area contributed by atoms with Gasteiger partial charge >= 0.3 is 0 Å². The molecule has 0 aromatic heterocycles. The van der Waals surface area contributed by atoms with Gasteiger partial charge < -0.3 is 5.32 Å². The lowest BCUT2D eigenvalue weighted by Crippen LogP contribution is -2.24. The molecule has 1 rings (SSSR count).